The number of anilines is 1. The summed E-state index contributed by atoms with van der Waals surface area (Å²) in [5.41, 5.74) is 3.08. The van der Waals surface area contributed by atoms with Crippen molar-refractivity contribution < 1.29 is 17.9 Å². The lowest BCUT2D eigenvalue weighted by Crippen LogP contribution is -2.40. The average molecular weight is 494 g/mol. The van der Waals surface area contributed by atoms with Gasteiger partial charge in [0.05, 0.1) is 10.6 Å². The fourth-order valence-corrected chi connectivity index (χ4v) is 5.23. The molecule has 0 aliphatic heterocycles. The fourth-order valence-electron chi connectivity index (χ4n) is 3.82. The number of unbranched alkanes of at least 4 members (excludes halogenated alkanes) is 1. The second-order valence-corrected chi connectivity index (χ2v) is 11.6. The van der Waals surface area contributed by atoms with E-state index >= 15 is 0 Å². The highest BCUT2D eigenvalue weighted by molar-refractivity contribution is 7.93. The minimum atomic E-state index is -4.14. The number of nitrogens with zero attached hydrogens (tertiary/aromatic N) is 1. The molecule has 3 rings (SSSR count). The van der Waals surface area contributed by atoms with E-state index in [4.69, 9.17) is 4.74 Å². The van der Waals surface area contributed by atoms with Gasteiger partial charge in [0.2, 0.25) is 0 Å². The summed E-state index contributed by atoms with van der Waals surface area (Å²) in [6, 6.07) is 21.2. The number of carbonyl (C=O) groups is 1. The Kier molecular flexibility index (Phi) is 8.39. The van der Waals surface area contributed by atoms with Crippen LogP contribution in [-0.2, 0) is 26.7 Å². The first-order chi connectivity index (χ1) is 16.5. The van der Waals surface area contributed by atoms with Gasteiger partial charge < -0.3 is 4.74 Å². The van der Waals surface area contributed by atoms with E-state index in [0.29, 0.717) is 11.4 Å². The number of benzene rings is 3. The van der Waals surface area contributed by atoms with Gasteiger partial charge in [-0.1, -0.05) is 82.1 Å². The SMILES string of the molecule is CCCCc1ccc(N(C(=O)COc2ccccc2C(C)(C)C)S(=O)(=O)c2ccc(C)cc2)cc1. The Morgan fingerprint density at radius 2 is 1.54 bits per heavy atom. The topological polar surface area (TPSA) is 63.7 Å². The Hall–Kier alpha value is -3.12. The van der Waals surface area contributed by atoms with Crippen molar-refractivity contribution in [3.8, 4) is 5.75 Å². The van der Waals surface area contributed by atoms with Crippen molar-refractivity contribution in [3.05, 3.63) is 89.5 Å². The zero-order valence-corrected chi connectivity index (χ0v) is 22.1. The Labute approximate surface area is 209 Å². The van der Waals surface area contributed by atoms with E-state index in [9.17, 15) is 13.2 Å². The number of ether oxygens (including phenoxy) is 1. The number of hydrogen-bond donors (Lipinski definition) is 0. The maximum atomic E-state index is 13.6. The first kappa shape index (κ1) is 26.5. The van der Waals surface area contributed by atoms with E-state index in [0.717, 1.165) is 40.3 Å². The van der Waals surface area contributed by atoms with Gasteiger partial charge in [0.25, 0.3) is 15.9 Å². The third-order valence-electron chi connectivity index (χ3n) is 5.82. The zero-order valence-electron chi connectivity index (χ0n) is 21.2. The van der Waals surface area contributed by atoms with Crippen LogP contribution in [0.3, 0.4) is 0 Å². The van der Waals surface area contributed by atoms with E-state index in [1.807, 2.05) is 37.3 Å². The predicted octanol–water partition coefficient (Wildman–Crippen LogP) is 6.44. The Bertz CT molecular complexity index is 1240. The van der Waals surface area contributed by atoms with Crippen molar-refractivity contribution in [2.75, 3.05) is 10.9 Å². The van der Waals surface area contributed by atoms with E-state index in [2.05, 4.69) is 27.7 Å². The first-order valence-electron chi connectivity index (χ1n) is 12.0. The van der Waals surface area contributed by atoms with Gasteiger partial charge in [-0.2, -0.15) is 4.31 Å². The highest BCUT2D eigenvalue weighted by atomic mass is 32.2. The molecule has 0 unspecified atom stereocenters. The van der Waals surface area contributed by atoms with Gasteiger partial charge in [-0.3, -0.25) is 4.79 Å². The zero-order chi connectivity index (χ0) is 25.6. The summed E-state index contributed by atoms with van der Waals surface area (Å²) in [6.07, 6.45) is 3.02. The Morgan fingerprint density at radius 3 is 2.14 bits per heavy atom. The summed E-state index contributed by atoms with van der Waals surface area (Å²) in [4.78, 5) is 13.5. The minimum absolute atomic E-state index is 0.0570. The van der Waals surface area contributed by atoms with Crippen molar-refractivity contribution in [1.82, 2.24) is 0 Å². The van der Waals surface area contributed by atoms with Gasteiger partial charge in [0, 0.05) is 0 Å². The van der Waals surface area contributed by atoms with Crippen LogP contribution in [0.2, 0.25) is 0 Å². The third kappa shape index (κ3) is 6.51. The van der Waals surface area contributed by atoms with Crippen molar-refractivity contribution in [2.45, 2.75) is 64.2 Å². The second-order valence-electron chi connectivity index (χ2n) is 9.78. The average Bonchev–Trinajstić information content (AvgIpc) is 2.82. The van der Waals surface area contributed by atoms with Crippen LogP contribution in [0.25, 0.3) is 0 Å². The molecule has 0 aliphatic carbocycles. The van der Waals surface area contributed by atoms with Gasteiger partial charge in [-0.25, -0.2) is 8.42 Å². The number of sulfonamides is 1. The van der Waals surface area contributed by atoms with Crippen LogP contribution < -0.4 is 9.04 Å². The van der Waals surface area contributed by atoms with Gasteiger partial charge in [0.15, 0.2) is 6.61 Å². The number of aryl methyl sites for hydroxylation is 2. The summed E-state index contributed by atoms with van der Waals surface area (Å²) in [7, 11) is -4.14. The van der Waals surface area contributed by atoms with Crippen LogP contribution >= 0.6 is 0 Å². The largest absolute Gasteiger partial charge is 0.483 e. The summed E-state index contributed by atoms with van der Waals surface area (Å²) >= 11 is 0. The third-order valence-corrected chi connectivity index (χ3v) is 7.58. The normalized spacial score (nSPS) is 11.8. The van der Waals surface area contributed by atoms with Gasteiger partial charge >= 0.3 is 0 Å². The van der Waals surface area contributed by atoms with Crippen molar-refractivity contribution in [3.63, 3.8) is 0 Å². The van der Waals surface area contributed by atoms with E-state index in [-0.39, 0.29) is 10.3 Å². The molecular weight excluding hydrogens is 458 g/mol. The maximum absolute atomic E-state index is 13.6. The minimum Gasteiger partial charge on any atom is -0.483 e. The number of para-hydroxylation sites is 1. The highest BCUT2D eigenvalue weighted by Gasteiger charge is 2.32. The van der Waals surface area contributed by atoms with Crippen molar-refractivity contribution in [2.24, 2.45) is 0 Å². The van der Waals surface area contributed by atoms with E-state index in [1.165, 1.54) is 12.1 Å². The Morgan fingerprint density at radius 1 is 0.914 bits per heavy atom. The van der Waals surface area contributed by atoms with Crippen LogP contribution in [0.15, 0.2) is 77.7 Å². The monoisotopic (exact) mass is 493 g/mol. The summed E-state index contributed by atoms with van der Waals surface area (Å²) in [5.74, 6) is -0.0912. The van der Waals surface area contributed by atoms with Gasteiger partial charge in [0.1, 0.15) is 5.75 Å². The molecule has 0 saturated heterocycles. The maximum Gasteiger partial charge on any atom is 0.278 e. The van der Waals surface area contributed by atoms with E-state index in [1.54, 1.807) is 30.3 Å². The summed E-state index contributed by atoms with van der Waals surface area (Å²) in [5, 5.41) is 0. The van der Waals surface area contributed by atoms with Gasteiger partial charge in [-0.05, 0) is 66.6 Å². The first-order valence-corrected chi connectivity index (χ1v) is 13.4. The van der Waals surface area contributed by atoms with Crippen LogP contribution in [-0.4, -0.2) is 20.9 Å². The number of hydrogen-bond acceptors (Lipinski definition) is 4. The molecule has 0 aliphatic rings. The number of amides is 1. The lowest BCUT2D eigenvalue weighted by molar-refractivity contribution is -0.119. The molecule has 0 radical (unpaired) electrons. The summed E-state index contributed by atoms with van der Waals surface area (Å²) in [6.45, 7) is 9.78. The molecule has 0 bridgehead atoms. The molecule has 0 heterocycles. The smallest absolute Gasteiger partial charge is 0.278 e. The number of rotatable bonds is 9. The molecule has 0 spiro atoms. The molecule has 0 saturated carbocycles. The van der Waals surface area contributed by atoms with Crippen LogP contribution in [0.1, 0.15) is 57.2 Å². The molecule has 6 heteroatoms. The molecule has 186 valence electrons. The predicted molar refractivity (Wildman–Crippen MR) is 142 cm³/mol. The van der Waals surface area contributed by atoms with Crippen LogP contribution in [0.5, 0.6) is 5.75 Å². The molecule has 0 aromatic heterocycles. The lowest BCUT2D eigenvalue weighted by Gasteiger charge is -2.25. The molecule has 1 amide bonds. The molecule has 0 atom stereocenters. The van der Waals surface area contributed by atoms with Crippen LogP contribution in [0.4, 0.5) is 5.69 Å². The molecule has 3 aromatic rings. The summed E-state index contributed by atoms with van der Waals surface area (Å²) < 4.78 is 34.0. The second kappa shape index (κ2) is 11.1. The molecule has 35 heavy (non-hydrogen) atoms. The highest BCUT2D eigenvalue weighted by Crippen LogP contribution is 2.31. The van der Waals surface area contributed by atoms with E-state index < -0.39 is 22.5 Å². The molecular formula is C29H35NO4S. The Balaban J connectivity index is 1.95. The van der Waals surface area contributed by atoms with Gasteiger partial charge in [-0.15, -0.1) is 0 Å². The molecule has 0 fully saturated rings. The van der Waals surface area contributed by atoms with Crippen LogP contribution in [0, 0.1) is 6.92 Å². The number of carbonyl (C=O) groups excluding carboxylic acids is 1. The standard InChI is InChI=1S/C29H35NO4S/c1-6-7-10-23-15-17-24(18-16-23)30(35(32,33)25-19-13-22(2)14-20-25)28(31)21-34-27-12-9-8-11-26(27)29(3,4)5/h8-9,11-20H,6-7,10,21H2,1-5H3. The lowest BCUT2D eigenvalue weighted by atomic mass is 9.86. The quantitative estimate of drug-likeness (QED) is 0.344. The van der Waals surface area contributed by atoms with Crippen molar-refractivity contribution in [1.29, 1.82) is 0 Å². The molecule has 3 aromatic carbocycles. The fraction of sp³-hybridized carbons (Fsp3) is 0.345. The molecule has 0 N–H and O–H groups in total. The van der Waals surface area contributed by atoms with Crippen molar-refractivity contribution >= 4 is 21.6 Å². The molecule has 5 nitrogen and oxygen atoms in total.